The molecule has 1 N–H and O–H groups in total. The highest BCUT2D eigenvalue weighted by Crippen LogP contribution is 2.44. The molecule has 0 radical (unpaired) electrons. The van der Waals surface area contributed by atoms with Crippen molar-refractivity contribution in [2.75, 3.05) is 4.90 Å². The van der Waals surface area contributed by atoms with Gasteiger partial charge in [-0.2, -0.15) is 0 Å². The Hall–Kier alpha value is -3.86. The maximum atomic E-state index is 10.2. The highest BCUT2D eigenvalue weighted by molar-refractivity contribution is 6.13. The van der Waals surface area contributed by atoms with Gasteiger partial charge in [-0.05, 0) is 66.5 Å². The van der Waals surface area contributed by atoms with Gasteiger partial charge in [-0.1, -0.05) is 70.2 Å². The normalized spacial score (nSPS) is 18.9. The van der Waals surface area contributed by atoms with Crippen LogP contribution in [-0.2, 0) is 0 Å². The molecular weight excluding hydrogens is 470 g/mol. The molecule has 1 fully saturated rings. The number of rotatable bonds is 6. The smallest absolute Gasteiger partial charge is 0.219 e. The minimum absolute atomic E-state index is 0.147. The molecular formula is C33H35N3O2. The second-order valence-corrected chi connectivity index (χ2v) is 11.1. The molecule has 0 saturated heterocycles. The van der Waals surface area contributed by atoms with Gasteiger partial charge in [0.05, 0.1) is 12.1 Å². The van der Waals surface area contributed by atoms with Gasteiger partial charge in [0.25, 0.3) is 0 Å². The first kappa shape index (κ1) is 24.5. The molecule has 2 heterocycles. The molecule has 1 aliphatic heterocycles. The summed E-state index contributed by atoms with van der Waals surface area (Å²) in [5.41, 5.74) is 5.68. The quantitative estimate of drug-likeness (QED) is 0.287. The fourth-order valence-electron chi connectivity index (χ4n) is 6.01. The predicted octanol–water partition coefficient (Wildman–Crippen LogP) is 8.17. The Bertz CT molecular complexity index is 1500. The summed E-state index contributed by atoms with van der Waals surface area (Å²) in [4.78, 5) is 12.4. The third-order valence-corrected chi connectivity index (χ3v) is 7.86. The maximum Gasteiger partial charge on any atom is 0.219 e. The summed E-state index contributed by atoms with van der Waals surface area (Å²) in [6.45, 7) is 9.13. The van der Waals surface area contributed by atoms with Crippen LogP contribution < -0.4 is 9.64 Å². The number of anilines is 1. The van der Waals surface area contributed by atoms with E-state index in [0.29, 0.717) is 41.1 Å². The van der Waals surface area contributed by atoms with Crippen molar-refractivity contribution in [1.29, 1.82) is 0 Å². The van der Waals surface area contributed by atoms with Crippen molar-refractivity contribution in [1.82, 2.24) is 4.98 Å². The van der Waals surface area contributed by atoms with Crippen LogP contribution in [-0.4, -0.2) is 28.0 Å². The molecule has 5 heteroatoms. The minimum Gasteiger partial charge on any atom is -0.506 e. The Morgan fingerprint density at radius 1 is 0.868 bits per heavy atom. The molecule has 2 atom stereocenters. The number of hydrogen-bond acceptors (Lipinski definition) is 5. The molecule has 1 saturated carbocycles. The van der Waals surface area contributed by atoms with Crippen molar-refractivity contribution in [2.24, 2.45) is 4.99 Å². The Morgan fingerprint density at radius 3 is 2.37 bits per heavy atom. The van der Waals surface area contributed by atoms with Crippen LogP contribution in [0.3, 0.4) is 0 Å². The van der Waals surface area contributed by atoms with Gasteiger partial charge in [0, 0.05) is 22.7 Å². The third-order valence-electron chi connectivity index (χ3n) is 7.86. The Morgan fingerprint density at radius 2 is 1.61 bits per heavy atom. The zero-order valence-corrected chi connectivity index (χ0v) is 22.6. The van der Waals surface area contributed by atoms with Gasteiger partial charge in [0.1, 0.15) is 22.9 Å². The molecule has 0 unspecified atom stereocenters. The first-order valence-corrected chi connectivity index (χ1v) is 13.8. The fourth-order valence-corrected chi connectivity index (χ4v) is 6.01. The molecule has 0 amide bonds. The van der Waals surface area contributed by atoms with Crippen LogP contribution in [0.15, 0.2) is 77.8 Å². The second-order valence-electron chi connectivity index (χ2n) is 11.1. The summed E-state index contributed by atoms with van der Waals surface area (Å²) in [6.07, 6.45) is 3.50. The second kappa shape index (κ2) is 9.79. The Kier molecular flexibility index (Phi) is 6.30. The van der Waals surface area contributed by atoms with Crippen LogP contribution in [0, 0.1) is 0 Å². The minimum atomic E-state index is 0.147. The number of nitrogens with zero attached hydrogens (tertiary/aromatic N) is 3. The summed E-state index contributed by atoms with van der Waals surface area (Å²) >= 11 is 0. The fraction of sp³-hybridized carbons (Fsp3) is 0.333. The SMILES string of the molecule is CC(C)c1cccc(C(C)C)c1N1C(c2cccc(Oc3ccc4cccc(O)c4n3)c2)=N[C@H]2CCC[C@H]21. The van der Waals surface area contributed by atoms with Crippen LogP contribution in [0.4, 0.5) is 5.69 Å². The lowest BCUT2D eigenvalue weighted by Crippen LogP contribution is -2.39. The molecule has 0 bridgehead atoms. The van der Waals surface area contributed by atoms with E-state index in [0.717, 1.165) is 29.6 Å². The van der Waals surface area contributed by atoms with E-state index in [-0.39, 0.29) is 5.75 Å². The summed E-state index contributed by atoms with van der Waals surface area (Å²) in [7, 11) is 0. The monoisotopic (exact) mass is 505 g/mol. The predicted molar refractivity (Wildman–Crippen MR) is 155 cm³/mol. The first-order valence-electron chi connectivity index (χ1n) is 13.8. The topological polar surface area (TPSA) is 58.0 Å². The number of para-hydroxylation sites is 2. The largest absolute Gasteiger partial charge is 0.506 e. The average molecular weight is 506 g/mol. The van der Waals surface area contributed by atoms with Gasteiger partial charge in [0.15, 0.2) is 0 Å². The summed E-state index contributed by atoms with van der Waals surface area (Å²) in [5.74, 6) is 3.15. The lowest BCUT2D eigenvalue weighted by molar-refractivity contribution is 0.460. The summed E-state index contributed by atoms with van der Waals surface area (Å²) in [5, 5.41) is 11.1. The highest BCUT2D eigenvalue weighted by Gasteiger charge is 2.42. The van der Waals surface area contributed by atoms with Crippen molar-refractivity contribution in [2.45, 2.75) is 70.9 Å². The van der Waals surface area contributed by atoms with Gasteiger partial charge < -0.3 is 14.7 Å². The van der Waals surface area contributed by atoms with Crippen LogP contribution in [0.5, 0.6) is 17.4 Å². The van der Waals surface area contributed by atoms with Gasteiger partial charge in [-0.15, -0.1) is 0 Å². The number of aromatic hydroxyl groups is 1. The van der Waals surface area contributed by atoms with Crippen molar-refractivity contribution in [3.05, 3.63) is 89.5 Å². The lowest BCUT2D eigenvalue weighted by Gasteiger charge is -2.33. The van der Waals surface area contributed by atoms with Crippen LogP contribution in [0.1, 0.15) is 75.5 Å². The molecule has 4 aromatic rings. The van der Waals surface area contributed by atoms with Crippen molar-refractivity contribution in [3.8, 4) is 17.4 Å². The number of pyridine rings is 1. The van der Waals surface area contributed by atoms with Crippen LogP contribution >= 0.6 is 0 Å². The zero-order valence-electron chi connectivity index (χ0n) is 22.6. The number of ether oxygens (including phenoxy) is 1. The zero-order chi connectivity index (χ0) is 26.4. The van der Waals surface area contributed by atoms with E-state index in [9.17, 15) is 5.11 Å². The Balaban J connectivity index is 1.40. The van der Waals surface area contributed by atoms with E-state index in [1.54, 1.807) is 6.07 Å². The number of phenolic OH excluding ortho intramolecular Hbond substituents is 1. The summed E-state index contributed by atoms with van der Waals surface area (Å²) < 4.78 is 6.20. The van der Waals surface area contributed by atoms with Crippen LogP contribution in [0.25, 0.3) is 10.9 Å². The molecule has 2 aliphatic rings. The number of benzene rings is 3. The van der Waals surface area contributed by atoms with Gasteiger partial charge in [-0.3, -0.25) is 4.99 Å². The number of phenols is 1. The highest BCUT2D eigenvalue weighted by atomic mass is 16.5. The number of fused-ring (bicyclic) bond motifs is 2. The molecule has 1 aliphatic carbocycles. The van der Waals surface area contributed by atoms with Gasteiger partial charge in [0.2, 0.25) is 5.88 Å². The van der Waals surface area contributed by atoms with Crippen molar-refractivity contribution < 1.29 is 9.84 Å². The molecule has 5 nitrogen and oxygen atoms in total. The standard InChI is InChI=1S/C33H35N3O2/c1-20(2)25-12-7-13-26(21(3)4)32(25)36-28-15-8-14-27(28)34-33(36)23-10-5-11-24(19-23)38-30-18-17-22-9-6-16-29(37)31(22)35-30/h5-7,9-13,16-21,27-28,37H,8,14-15H2,1-4H3/t27-,28+/m0/s1. The lowest BCUT2D eigenvalue weighted by atomic mass is 9.90. The molecule has 1 aromatic heterocycles. The van der Waals surface area contributed by atoms with E-state index < -0.39 is 0 Å². The van der Waals surface area contributed by atoms with Crippen molar-refractivity contribution in [3.63, 3.8) is 0 Å². The third kappa shape index (κ3) is 4.30. The van der Waals surface area contributed by atoms with Crippen LogP contribution in [0.2, 0.25) is 0 Å². The number of aliphatic imine (C=N–C) groups is 1. The van der Waals surface area contributed by atoms with Gasteiger partial charge >= 0.3 is 0 Å². The number of amidine groups is 1. The molecule has 194 valence electrons. The first-order chi connectivity index (χ1) is 18.4. The molecule has 3 aromatic carbocycles. The Labute approximate surface area is 224 Å². The van der Waals surface area contributed by atoms with E-state index in [1.165, 1.54) is 23.2 Å². The van der Waals surface area contributed by atoms with Crippen molar-refractivity contribution >= 4 is 22.4 Å². The number of aromatic nitrogens is 1. The maximum absolute atomic E-state index is 10.2. The average Bonchev–Trinajstić information content (AvgIpc) is 3.50. The van der Waals surface area contributed by atoms with E-state index in [2.05, 4.69) is 67.9 Å². The van der Waals surface area contributed by atoms with E-state index in [1.807, 2.05) is 36.4 Å². The van der Waals surface area contributed by atoms with E-state index >= 15 is 0 Å². The van der Waals surface area contributed by atoms with E-state index in [4.69, 9.17) is 9.73 Å². The van der Waals surface area contributed by atoms with Gasteiger partial charge in [-0.25, -0.2) is 4.98 Å². The number of hydrogen-bond donors (Lipinski definition) is 1. The molecule has 6 rings (SSSR count). The molecule has 38 heavy (non-hydrogen) atoms. The summed E-state index contributed by atoms with van der Waals surface area (Å²) in [6, 6.07) is 24.8. The molecule has 0 spiro atoms.